The van der Waals surface area contributed by atoms with Crippen LogP contribution in [-0.4, -0.2) is 47.0 Å². The van der Waals surface area contributed by atoms with Crippen LogP contribution in [0.2, 0.25) is 0 Å². The monoisotopic (exact) mass is 262 g/mol. The largest absolute Gasteiger partial charge is 0.481 e. The number of piperidine rings is 1. The van der Waals surface area contributed by atoms with Crippen molar-refractivity contribution in [3.05, 3.63) is 24.9 Å². The minimum absolute atomic E-state index is 0.00363. The van der Waals surface area contributed by atoms with Crippen LogP contribution in [0.15, 0.2) is 24.9 Å². The van der Waals surface area contributed by atoms with E-state index in [0.29, 0.717) is 11.8 Å². The van der Waals surface area contributed by atoms with E-state index >= 15 is 0 Å². The molecule has 0 spiro atoms. The molecule has 1 amide bonds. The molecule has 0 atom stereocenters. The minimum Gasteiger partial charge on any atom is -0.481 e. The number of nitrogens with one attached hydrogen (secondary N) is 1. The number of hydrogen-bond acceptors (Lipinski definition) is 5. The van der Waals surface area contributed by atoms with Crippen molar-refractivity contribution < 1.29 is 9.53 Å². The maximum absolute atomic E-state index is 11.5. The van der Waals surface area contributed by atoms with Crippen molar-refractivity contribution in [1.82, 2.24) is 14.9 Å². The minimum atomic E-state index is -0.00363. The van der Waals surface area contributed by atoms with E-state index in [1.54, 1.807) is 24.3 Å². The van der Waals surface area contributed by atoms with Crippen LogP contribution in [0.1, 0.15) is 12.8 Å². The third-order valence-corrected chi connectivity index (χ3v) is 3.15. The Morgan fingerprint density at radius 1 is 1.58 bits per heavy atom. The third kappa shape index (κ3) is 3.43. The zero-order valence-corrected chi connectivity index (χ0v) is 11.0. The molecule has 1 aromatic heterocycles. The summed E-state index contributed by atoms with van der Waals surface area (Å²) in [5.74, 6) is 1.10. The van der Waals surface area contributed by atoms with Crippen molar-refractivity contribution in [2.45, 2.75) is 18.9 Å². The van der Waals surface area contributed by atoms with Crippen LogP contribution in [0.5, 0.6) is 5.88 Å². The van der Waals surface area contributed by atoms with Gasteiger partial charge in [0.25, 0.3) is 0 Å². The number of amides is 1. The molecule has 102 valence electrons. The number of carbonyl (C=O) groups is 1. The maximum atomic E-state index is 11.5. The fourth-order valence-electron chi connectivity index (χ4n) is 2.08. The van der Waals surface area contributed by atoms with E-state index in [0.717, 1.165) is 25.9 Å². The van der Waals surface area contributed by atoms with Crippen molar-refractivity contribution in [3.8, 4) is 5.88 Å². The van der Waals surface area contributed by atoms with Crippen LogP contribution in [0.25, 0.3) is 0 Å². The summed E-state index contributed by atoms with van der Waals surface area (Å²) >= 11 is 0. The van der Waals surface area contributed by atoms with E-state index in [1.165, 1.54) is 6.08 Å². The maximum Gasteiger partial charge on any atom is 0.245 e. The molecule has 2 rings (SSSR count). The van der Waals surface area contributed by atoms with Gasteiger partial charge in [0.1, 0.15) is 0 Å². The van der Waals surface area contributed by atoms with Crippen LogP contribution in [0.3, 0.4) is 0 Å². The van der Waals surface area contributed by atoms with Gasteiger partial charge in [-0.3, -0.25) is 4.79 Å². The molecule has 0 aromatic carbocycles. The highest BCUT2D eigenvalue weighted by Gasteiger charge is 2.21. The second-order valence-electron chi connectivity index (χ2n) is 4.37. The van der Waals surface area contributed by atoms with Crippen molar-refractivity contribution in [2.24, 2.45) is 0 Å². The molecule has 1 aliphatic rings. The van der Waals surface area contributed by atoms with Gasteiger partial charge in [-0.05, 0) is 18.9 Å². The molecule has 1 N–H and O–H groups in total. The molecule has 6 nitrogen and oxygen atoms in total. The van der Waals surface area contributed by atoms with Crippen molar-refractivity contribution in [1.29, 1.82) is 0 Å². The lowest BCUT2D eigenvalue weighted by Crippen LogP contribution is -2.41. The number of aromatic nitrogens is 2. The molecule has 2 heterocycles. The lowest BCUT2D eigenvalue weighted by Gasteiger charge is -2.31. The molecule has 0 aliphatic carbocycles. The SMILES string of the molecule is C=CC(=O)N1CCC(Nc2nccc(OC)n2)CC1. The van der Waals surface area contributed by atoms with Crippen LogP contribution in [0.4, 0.5) is 5.95 Å². The molecule has 1 saturated heterocycles. The number of anilines is 1. The highest BCUT2D eigenvalue weighted by Crippen LogP contribution is 2.15. The van der Waals surface area contributed by atoms with E-state index in [2.05, 4.69) is 21.9 Å². The van der Waals surface area contributed by atoms with Crippen LogP contribution < -0.4 is 10.1 Å². The topological polar surface area (TPSA) is 67.4 Å². The lowest BCUT2D eigenvalue weighted by atomic mass is 10.1. The second kappa shape index (κ2) is 6.17. The fourth-order valence-corrected chi connectivity index (χ4v) is 2.08. The van der Waals surface area contributed by atoms with Gasteiger partial charge in [-0.1, -0.05) is 6.58 Å². The molecule has 0 saturated carbocycles. The number of likely N-dealkylation sites (tertiary alicyclic amines) is 1. The molecule has 19 heavy (non-hydrogen) atoms. The van der Waals surface area contributed by atoms with Crippen molar-refractivity contribution >= 4 is 11.9 Å². The van der Waals surface area contributed by atoms with Gasteiger partial charge in [0.15, 0.2) is 0 Å². The lowest BCUT2D eigenvalue weighted by molar-refractivity contribution is -0.126. The number of methoxy groups -OCH3 is 1. The van der Waals surface area contributed by atoms with E-state index in [1.807, 2.05) is 0 Å². The Morgan fingerprint density at radius 2 is 2.32 bits per heavy atom. The number of hydrogen-bond donors (Lipinski definition) is 1. The summed E-state index contributed by atoms with van der Waals surface area (Å²) in [6.07, 6.45) is 4.77. The van der Waals surface area contributed by atoms with Gasteiger partial charge in [0.2, 0.25) is 17.7 Å². The van der Waals surface area contributed by atoms with E-state index in [4.69, 9.17) is 4.74 Å². The molecule has 1 aliphatic heterocycles. The first-order chi connectivity index (χ1) is 9.22. The number of nitrogens with zero attached hydrogens (tertiary/aromatic N) is 3. The van der Waals surface area contributed by atoms with Crippen LogP contribution in [-0.2, 0) is 4.79 Å². The Hall–Kier alpha value is -2.11. The first-order valence-corrected chi connectivity index (χ1v) is 6.28. The summed E-state index contributed by atoms with van der Waals surface area (Å²) in [7, 11) is 1.57. The van der Waals surface area contributed by atoms with Gasteiger partial charge in [-0.25, -0.2) is 4.98 Å². The molecule has 0 bridgehead atoms. The Morgan fingerprint density at radius 3 is 2.95 bits per heavy atom. The smallest absolute Gasteiger partial charge is 0.245 e. The third-order valence-electron chi connectivity index (χ3n) is 3.15. The van der Waals surface area contributed by atoms with Crippen molar-refractivity contribution in [2.75, 3.05) is 25.5 Å². The average Bonchev–Trinajstić information content (AvgIpc) is 2.47. The molecule has 6 heteroatoms. The number of ether oxygens (including phenoxy) is 1. The first-order valence-electron chi connectivity index (χ1n) is 6.28. The summed E-state index contributed by atoms with van der Waals surface area (Å²) < 4.78 is 5.05. The molecule has 0 unspecified atom stereocenters. The van der Waals surface area contributed by atoms with Gasteiger partial charge in [0, 0.05) is 31.4 Å². The summed E-state index contributed by atoms with van der Waals surface area (Å²) in [4.78, 5) is 21.6. The average molecular weight is 262 g/mol. The van der Waals surface area contributed by atoms with Crippen LogP contribution >= 0.6 is 0 Å². The zero-order chi connectivity index (χ0) is 13.7. The molecule has 1 aromatic rings. The standard InChI is InChI=1S/C13H18N4O2/c1-3-12(18)17-8-5-10(6-9-17)15-13-14-7-4-11(16-13)19-2/h3-4,7,10H,1,5-6,8-9H2,2H3,(H,14,15,16). The van der Waals surface area contributed by atoms with Gasteiger partial charge < -0.3 is 15.0 Å². The Kier molecular flexibility index (Phi) is 4.33. The van der Waals surface area contributed by atoms with Crippen molar-refractivity contribution in [3.63, 3.8) is 0 Å². The summed E-state index contributed by atoms with van der Waals surface area (Å²) in [6, 6.07) is 1.98. The van der Waals surface area contributed by atoms with E-state index in [-0.39, 0.29) is 11.9 Å². The fraction of sp³-hybridized carbons (Fsp3) is 0.462. The Bertz CT molecular complexity index is 456. The van der Waals surface area contributed by atoms with Crippen LogP contribution in [0, 0.1) is 0 Å². The molecule has 1 fully saturated rings. The summed E-state index contributed by atoms with van der Waals surface area (Å²) in [5.41, 5.74) is 0. The predicted octanol–water partition coefficient (Wildman–Crippen LogP) is 1.07. The number of carbonyl (C=O) groups excluding carboxylic acids is 1. The Labute approximate surface area is 112 Å². The van der Waals surface area contributed by atoms with E-state index in [9.17, 15) is 4.79 Å². The Balaban J connectivity index is 1.88. The molecular formula is C13H18N4O2. The predicted molar refractivity (Wildman–Crippen MR) is 72.0 cm³/mol. The summed E-state index contributed by atoms with van der Waals surface area (Å²) in [6.45, 7) is 4.96. The quantitative estimate of drug-likeness (QED) is 0.822. The van der Waals surface area contributed by atoms with Gasteiger partial charge in [-0.15, -0.1) is 0 Å². The summed E-state index contributed by atoms with van der Waals surface area (Å²) in [5, 5.41) is 3.27. The molecular weight excluding hydrogens is 244 g/mol. The highest BCUT2D eigenvalue weighted by atomic mass is 16.5. The first kappa shape index (κ1) is 13.3. The highest BCUT2D eigenvalue weighted by molar-refractivity contribution is 5.87. The number of rotatable bonds is 4. The zero-order valence-electron chi connectivity index (χ0n) is 11.0. The van der Waals surface area contributed by atoms with Gasteiger partial charge >= 0.3 is 0 Å². The second-order valence-corrected chi connectivity index (χ2v) is 4.37. The van der Waals surface area contributed by atoms with Gasteiger partial charge in [0.05, 0.1) is 7.11 Å². The normalized spacial score (nSPS) is 15.9. The molecule has 0 radical (unpaired) electrons. The van der Waals surface area contributed by atoms with E-state index < -0.39 is 0 Å². The van der Waals surface area contributed by atoms with Gasteiger partial charge in [-0.2, -0.15) is 4.98 Å².